The van der Waals surface area contributed by atoms with Gasteiger partial charge in [0, 0.05) is 17.0 Å². The molecule has 1 aliphatic heterocycles. The number of rotatable bonds is 1. The Morgan fingerprint density at radius 3 is 2.56 bits per heavy atom. The Morgan fingerprint density at radius 2 is 2.12 bits per heavy atom. The first kappa shape index (κ1) is 11.7. The van der Waals surface area contributed by atoms with Crippen molar-refractivity contribution < 1.29 is 4.74 Å². The topological polar surface area (TPSA) is 9.23 Å². The van der Waals surface area contributed by atoms with Crippen molar-refractivity contribution in [3.63, 3.8) is 0 Å². The zero-order valence-electron chi connectivity index (χ0n) is 10.4. The van der Waals surface area contributed by atoms with Crippen LogP contribution in [0.15, 0.2) is 0 Å². The number of halogens is 1. The highest BCUT2D eigenvalue weighted by molar-refractivity contribution is 8.00. The maximum absolute atomic E-state index is 6.36. The van der Waals surface area contributed by atoms with Crippen LogP contribution in [0.25, 0.3) is 0 Å². The predicted octanol–water partition coefficient (Wildman–Crippen LogP) is 3.90. The van der Waals surface area contributed by atoms with Gasteiger partial charge in [-0.25, -0.2) is 0 Å². The number of hydrogen-bond donors (Lipinski definition) is 0. The number of fused-ring (bicyclic) bond motifs is 3. The molecule has 0 unspecified atom stereocenters. The van der Waals surface area contributed by atoms with Gasteiger partial charge in [0.1, 0.15) is 4.93 Å². The molecular formula is C13H21ClOS. The quantitative estimate of drug-likeness (QED) is 0.662. The predicted molar refractivity (Wildman–Crippen MR) is 70.0 cm³/mol. The molecule has 0 aromatic carbocycles. The van der Waals surface area contributed by atoms with Crippen LogP contribution in [-0.2, 0) is 4.74 Å². The summed E-state index contributed by atoms with van der Waals surface area (Å²) in [5.41, 5.74) is 0.775. The van der Waals surface area contributed by atoms with Crippen LogP contribution in [0.5, 0.6) is 0 Å². The van der Waals surface area contributed by atoms with Crippen molar-refractivity contribution >= 4 is 23.4 Å². The Balaban J connectivity index is 1.95. The van der Waals surface area contributed by atoms with Crippen molar-refractivity contribution in [2.45, 2.75) is 51.1 Å². The van der Waals surface area contributed by atoms with E-state index < -0.39 is 0 Å². The van der Waals surface area contributed by atoms with Gasteiger partial charge in [-0.15, -0.1) is 23.4 Å². The molecule has 0 amide bonds. The van der Waals surface area contributed by atoms with E-state index in [1.165, 1.54) is 19.3 Å². The molecule has 0 radical (unpaired) electrons. The monoisotopic (exact) mass is 260 g/mol. The van der Waals surface area contributed by atoms with Crippen LogP contribution in [0.4, 0.5) is 0 Å². The van der Waals surface area contributed by atoms with Gasteiger partial charge in [0.15, 0.2) is 0 Å². The SMILES string of the molecule is CC1(C)[C@@H]2CC[C@]1(C)[C@@]1(C2)O[C@H](CCl)CS1. The molecule has 0 aromatic rings. The van der Waals surface area contributed by atoms with E-state index in [1.807, 2.05) is 11.8 Å². The largest absolute Gasteiger partial charge is 0.358 e. The van der Waals surface area contributed by atoms with Crippen molar-refractivity contribution in [3.8, 4) is 0 Å². The second-order valence-electron chi connectivity index (χ2n) is 6.45. The van der Waals surface area contributed by atoms with Gasteiger partial charge in [0.25, 0.3) is 0 Å². The second kappa shape index (κ2) is 3.33. The first-order valence-corrected chi connectivity index (χ1v) is 7.85. The van der Waals surface area contributed by atoms with Crippen LogP contribution in [0.2, 0.25) is 0 Å². The highest BCUT2D eigenvalue weighted by Crippen LogP contribution is 2.74. The summed E-state index contributed by atoms with van der Waals surface area (Å²) >= 11 is 7.99. The van der Waals surface area contributed by atoms with Crippen molar-refractivity contribution in [1.82, 2.24) is 0 Å². The summed E-state index contributed by atoms with van der Waals surface area (Å²) in [7, 11) is 0. The van der Waals surface area contributed by atoms with Gasteiger partial charge in [-0.3, -0.25) is 0 Å². The molecule has 1 heterocycles. The Kier molecular flexibility index (Phi) is 2.43. The molecular weight excluding hydrogens is 240 g/mol. The highest BCUT2D eigenvalue weighted by Gasteiger charge is 2.71. The van der Waals surface area contributed by atoms with Gasteiger partial charge in [-0.1, -0.05) is 20.8 Å². The van der Waals surface area contributed by atoms with E-state index in [0.717, 1.165) is 11.7 Å². The molecule has 1 saturated heterocycles. The minimum absolute atomic E-state index is 0.0823. The molecule has 1 nitrogen and oxygen atoms in total. The van der Waals surface area contributed by atoms with Crippen LogP contribution in [0, 0.1) is 16.7 Å². The van der Waals surface area contributed by atoms with Crippen LogP contribution in [0.1, 0.15) is 40.0 Å². The fraction of sp³-hybridized carbons (Fsp3) is 1.00. The molecule has 2 saturated carbocycles. The first-order valence-electron chi connectivity index (χ1n) is 6.33. The van der Waals surface area contributed by atoms with E-state index >= 15 is 0 Å². The standard InChI is InChI=1S/C13H21ClOS/c1-11(2)9-4-5-12(11,3)13(6-9)15-10(7-14)8-16-13/h9-10H,4-8H2,1-3H3/t9-,10-,12+,13+/m1/s1. The Hall–Kier alpha value is 0.600. The molecule has 3 rings (SSSR count). The van der Waals surface area contributed by atoms with E-state index in [2.05, 4.69) is 20.8 Å². The van der Waals surface area contributed by atoms with E-state index in [-0.39, 0.29) is 11.0 Å². The number of alkyl halides is 1. The fourth-order valence-corrected chi connectivity index (χ4v) is 6.37. The van der Waals surface area contributed by atoms with Crippen LogP contribution in [-0.4, -0.2) is 22.7 Å². The first-order chi connectivity index (χ1) is 7.45. The van der Waals surface area contributed by atoms with Gasteiger partial charge in [-0.2, -0.15) is 0 Å². The van der Waals surface area contributed by atoms with E-state index in [0.29, 0.717) is 16.7 Å². The average molecular weight is 261 g/mol. The summed E-state index contributed by atoms with van der Waals surface area (Å²) in [5.74, 6) is 2.58. The lowest BCUT2D eigenvalue weighted by atomic mass is 9.69. The number of ether oxygens (including phenoxy) is 1. The average Bonchev–Trinajstić information content (AvgIpc) is 2.79. The maximum Gasteiger partial charge on any atom is 0.120 e. The van der Waals surface area contributed by atoms with Gasteiger partial charge in [-0.05, 0) is 30.6 Å². The van der Waals surface area contributed by atoms with Gasteiger partial charge in [0.2, 0.25) is 0 Å². The number of hydrogen-bond acceptors (Lipinski definition) is 2. The third-order valence-electron chi connectivity index (χ3n) is 5.82. The smallest absolute Gasteiger partial charge is 0.120 e. The molecule has 2 aliphatic carbocycles. The zero-order valence-corrected chi connectivity index (χ0v) is 12.0. The summed E-state index contributed by atoms with van der Waals surface area (Å²) in [6, 6.07) is 0. The van der Waals surface area contributed by atoms with Gasteiger partial charge in [0.05, 0.1) is 6.10 Å². The highest BCUT2D eigenvalue weighted by atomic mass is 35.5. The third-order valence-corrected chi connectivity index (χ3v) is 7.89. The second-order valence-corrected chi connectivity index (χ2v) is 8.04. The van der Waals surface area contributed by atoms with Crippen molar-refractivity contribution in [2.75, 3.05) is 11.6 Å². The minimum Gasteiger partial charge on any atom is -0.358 e. The van der Waals surface area contributed by atoms with E-state index in [4.69, 9.17) is 16.3 Å². The van der Waals surface area contributed by atoms with Gasteiger partial charge < -0.3 is 4.74 Å². The lowest BCUT2D eigenvalue weighted by molar-refractivity contribution is -0.0842. The van der Waals surface area contributed by atoms with Crippen LogP contribution < -0.4 is 0 Å². The lowest BCUT2D eigenvalue weighted by Crippen LogP contribution is -2.45. The Bertz CT molecular complexity index is 319. The molecule has 3 aliphatic rings. The molecule has 92 valence electrons. The van der Waals surface area contributed by atoms with Crippen molar-refractivity contribution in [3.05, 3.63) is 0 Å². The zero-order chi connectivity index (χ0) is 11.6. The van der Waals surface area contributed by atoms with E-state index in [1.54, 1.807) is 0 Å². The summed E-state index contributed by atoms with van der Waals surface area (Å²) in [5, 5.41) is 0. The van der Waals surface area contributed by atoms with Crippen LogP contribution in [0.3, 0.4) is 0 Å². The number of thioether (sulfide) groups is 1. The molecule has 1 spiro atoms. The maximum atomic E-state index is 6.36. The normalized spacial score (nSPS) is 54.0. The molecule has 3 heteroatoms. The van der Waals surface area contributed by atoms with Crippen molar-refractivity contribution in [1.29, 1.82) is 0 Å². The molecule has 0 aromatic heterocycles. The molecule has 2 bridgehead atoms. The lowest BCUT2D eigenvalue weighted by Gasteiger charge is -2.45. The molecule has 0 N–H and O–H groups in total. The summed E-state index contributed by atoms with van der Waals surface area (Å²) in [6.07, 6.45) is 4.24. The Labute approximate surface area is 108 Å². The molecule has 4 atom stereocenters. The Morgan fingerprint density at radius 1 is 1.38 bits per heavy atom. The van der Waals surface area contributed by atoms with Crippen molar-refractivity contribution in [2.24, 2.45) is 16.7 Å². The summed E-state index contributed by atoms with van der Waals surface area (Å²) < 4.78 is 6.36. The molecule has 3 fully saturated rings. The van der Waals surface area contributed by atoms with E-state index in [9.17, 15) is 0 Å². The third kappa shape index (κ3) is 1.14. The minimum atomic E-state index is 0.0823. The van der Waals surface area contributed by atoms with Crippen LogP contribution >= 0.6 is 23.4 Å². The molecule has 16 heavy (non-hydrogen) atoms. The summed E-state index contributed by atoms with van der Waals surface area (Å²) in [4.78, 5) is 0.0823. The summed E-state index contributed by atoms with van der Waals surface area (Å²) in [6.45, 7) is 7.33. The van der Waals surface area contributed by atoms with Gasteiger partial charge >= 0.3 is 0 Å². The fourth-order valence-electron chi connectivity index (χ4n) is 4.22.